The summed E-state index contributed by atoms with van der Waals surface area (Å²) < 4.78 is 22.0. The minimum absolute atomic E-state index is 0. The summed E-state index contributed by atoms with van der Waals surface area (Å²) in [7, 11) is 0. The fourth-order valence-electron chi connectivity index (χ4n) is 0.116. The molecule has 0 aliphatic rings. The van der Waals surface area contributed by atoms with Crippen LogP contribution in [0.1, 0.15) is 1.43 Å². The smallest absolute Gasteiger partial charge is 1.00 e. The summed E-state index contributed by atoms with van der Waals surface area (Å²) in [6.07, 6.45) is -1.22. The van der Waals surface area contributed by atoms with Crippen LogP contribution in [-0.2, 0) is 0 Å². The molecule has 0 heterocycles. The van der Waals surface area contributed by atoms with Gasteiger partial charge in [-0.3, -0.25) is 0 Å². The summed E-state index contributed by atoms with van der Waals surface area (Å²) in [6, 6.07) is 1.44. The van der Waals surface area contributed by atoms with Crippen LogP contribution in [0.15, 0.2) is 12.2 Å². The van der Waals surface area contributed by atoms with Crippen LogP contribution in [0.25, 0.3) is 0 Å². The molecule has 0 aromatic rings. The van der Waals surface area contributed by atoms with Crippen LogP contribution in [0.3, 0.4) is 0 Å². The van der Waals surface area contributed by atoms with Crippen LogP contribution in [0.5, 0.6) is 0 Å². The Morgan fingerprint density at radius 3 is 2.25 bits per heavy atom. The Kier molecular flexibility index (Phi) is 9.72. The predicted molar refractivity (Wildman–Crippen MR) is 21.9 cm³/mol. The maximum atomic E-state index is 11.0. The summed E-state index contributed by atoms with van der Waals surface area (Å²) in [5.41, 5.74) is 0. The van der Waals surface area contributed by atoms with Crippen molar-refractivity contribution in [1.29, 1.82) is 5.26 Å². The second-order valence-electron chi connectivity index (χ2n) is 0.823. The van der Waals surface area contributed by atoms with E-state index in [1.54, 1.807) is 0 Å². The molecular formula is C4H4F2NNa. The third-order valence-corrected chi connectivity index (χ3v) is 0.316. The van der Waals surface area contributed by atoms with Gasteiger partial charge in [0.2, 0.25) is 0 Å². The molecule has 0 spiro atoms. The number of hydrogen-bond acceptors (Lipinski definition) is 1. The van der Waals surface area contributed by atoms with Crippen LogP contribution in [0, 0.1) is 11.3 Å². The number of hydrogen-bond donors (Lipinski definition) is 0. The largest absolute Gasteiger partial charge is 1.00 e. The van der Waals surface area contributed by atoms with Crippen LogP contribution in [0.4, 0.5) is 8.78 Å². The second kappa shape index (κ2) is 7.09. The minimum atomic E-state index is -2.50. The van der Waals surface area contributed by atoms with Crippen molar-refractivity contribution in [3.8, 4) is 6.07 Å². The number of rotatable bonds is 1. The molecular weight excluding hydrogens is 123 g/mol. The third kappa shape index (κ3) is 9.43. The Morgan fingerprint density at radius 2 is 2.12 bits per heavy atom. The number of halogens is 2. The van der Waals surface area contributed by atoms with Crippen LogP contribution in [-0.4, -0.2) is 6.43 Å². The molecule has 0 atom stereocenters. The number of nitrogens with zero attached hydrogens (tertiary/aromatic N) is 1. The summed E-state index contributed by atoms with van der Waals surface area (Å²) >= 11 is 0. The van der Waals surface area contributed by atoms with E-state index in [0.29, 0.717) is 6.08 Å². The average molecular weight is 127 g/mol. The van der Waals surface area contributed by atoms with Crippen molar-refractivity contribution in [3.63, 3.8) is 0 Å². The molecule has 1 nitrogen and oxygen atoms in total. The van der Waals surface area contributed by atoms with Gasteiger partial charge in [-0.25, -0.2) is 8.78 Å². The maximum absolute atomic E-state index is 11.0. The van der Waals surface area contributed by atoms with E-state index in [9.17, 15) is 8.78 Å². The quantitative estimate of drug-likeness (QED) is 0.309. The van der Waals surface area contributed by atoms with Gasteiger partial charge in [0.15, 0.2) is 0 Å². The second-order valence-corrected chi connectivity index (χ2v) is 0.823. The van der Waals surface area contributed by atoms with Gasteiger partial charge in [0, 0.05) is 6.08 Å². The number of allylic oxidation sites excluding steroid dienone is 2. The van der Waals surface area contributed by atoms with Crippen molar-refractivity contribution in [3.05, 3.63) is 12.2 Å². The van der Waals surface area contributed by atoms with E-state index < -0.39 is 6.43 Å². The molecule has 0 unspecified atom stereocenters. The molecule has 8 heavy (non-hydrogen) atoms. The zero-order valence-corrected chi connectivity index (χ0v) is 6.44. The van der Waals surface area contributed by atoms with Crippen molar-refractivity contribution in [2.45, 2.75) is 6.43 Å². The molecule has 4 heteroatoms. The van der Waals surface area contributed by atoms with Gasteiger partial charge in [-0.15, -0.1) is 0 Å². The third-order valence-electron chi connectivity index (χ3n) is 0.316. The fourth-order valence-corrected chi connectivity index (χ4v) is 0.116. The summed E-state index contributed by atoms with van der Waals surface area (Å²) in [4.78, 5) is 0. The van der Waals surface area contributed by atoms with Gasteiger partial charge in [0.25, 0.3) is 6.43 Å². The Hall–Kier alpha value is 0.0900. The van der Waals surface area contributed by atoms with Crippen LogP contribution < -0.4 is 29.6 Å². The first-order valence-corrected chi connectivity index (χ1v) is 1.62. The molecule has 0 amide bonds. The summed E-state index contributed by atoms with van der Waals surface area (Å²) in [5.74, 6) is 0. The predicted octanol–water partition coefficient (Wildman–Crippen LogP) is -1.55. The molecule has 0 rings (SSSR count). The Morgan fingerprint density at radius 1 is 1.62 bits per heavy atom. The molecule has 0 bridgehead atoms. The van der Waals surface area contributed by atoms with E-state index in [2.05, 4.69) is 0 Å². The van der Waals surface area contributed by atoms with E-state index in [4.69, 9.17) is 5.26 Å². The van der Waals surface area contributed by atoms with Crippen molar-refractivity contribution in [2.75, 3.05) is 0 Å². The van der Waals surface area contributed by atoms with Gasteiger partial charge >= 0.3 is 29.6 Å². The Labute approximate surface area is 69.8 Å². The minimum Gasteiger partial charge on any atom is -1.00 e. The monoisotopic (exact) mass is 127 g/mol. The Bertz CT molecular complexity index is 110. The van der Waals surface area contributed by atoms with Gasteiger partial charge in [-0.1, -0.05) is 0 Å². The number of nitriles is 1. The summed E-state index contributed by atoms with van der Waals surface area (Å²) in [6.45, 7) is 0. The van der Waals surface area contributed by atoms with Gasteiger partial charge in [-0.2, -0.15) is 5.26 Å². The topological polar surface area (TPSA) is 23.8 Å². The van der Waals surface area contributed by atoms with Crippen molar-refractivity contribution >= 4 is 0 Å². The molecule has 40 valence electrons. The van der Waals surface area contributed by atoms with E-state index in [1.165, 1.54) is 6.07 Å². The van der Waals surface area contributed by atoms with E-state index in [1.807, 2.05) is 0 Å². The van der Waals surface area contributed by atoms with E-state index >= 15 is 0 Å². The maximum Gasteiger partial charge on any atom is 1.00 e. The molecule has 0 saturated carbocycles. The van der Waals surface area contributed by atoms with Crippen molar-refractivity contribution in [1.82, 2.24) is 0 Å². The van der Waals surface area contributed by atoms with E-state index in [-0.39, 0.29) is 31.0 Å². The Balaban J connectivity index is -0.000000180. The fraction of sp³-hybridized carbons (Fsp3) is 0.250. The SMILES string of the molecule is N#CC=CC(F)F.[H-].[Na+]. The molecule has 0 radical (unpaired) electrons. The van der Waals surface area contributed by atoms with Crippen molar-refractivity contribution in [2.24, 2.45) is 0 Å². The molecule has 0 aliphatic heterocycles. The molecule has 0 aliphatic carbocycles. The van der Waals surface area contributed by atoms with Crippen LogP contribution in [0.2, 0.25) is 0 Å². The zero-order valence-electron chi connectivity index (χ0n) is 5.44. The summed E-state index contributed by atoms with van der Waals surface area (Å²) in [5, 5.41) is 7.64. The van der Waals surface area contributed by atoms with E-state index in [0.717, 1.165) is 6.08 Å². The molecule has 0 saturated heterocycles. The van der Waals surface area contributed by atoms with Crippen LogP contribution >= 0.6 is 0 Å². The standard InChI is InChI=1S/C4H3F2N.Na.H/c5-4(6)2-1-3-7;;/h1-2,4H;;/q;+1;-1. The van der Waals surface area contributed by atoms with Gasteiger partial charge < -0.3 is 1.43 Å². The first-order chi connectivity index (χ1) is 3.27. The van der Waals surface area contributed by atoms with Gasteiger partial charge in [0.05, 0.1) is 6.07 Å². The normalized spacial score (nSPS) is 8.75. The molecule has 0 fully saturated rings. The first kappa shape index (κ1) is 11.0. The van der Waals surface area contributed by atoms with Crippen molar-refractivity contribution < 1.29 is 39.8 Å². The molecule has 0 N–H and O–H groups in total. The van der Waals surface area contributed by atoms with Gasteiger partial charge in [-0.05, 0) is 6.08 Å². The number of alkyl halides is 2. The first-order valence-electron chi connectivity index (χ1n) is 1.62. The zero-order chi connectivity index (χ0) is 5.70. The molecule has 0 aromatic carbocycles. The van der Waals surface area contributed by atoms with Gasteiger partial charge in [0.1, 0.15) is 0 Å². The average Bonchev–Trinajstić information content (AvgIpc) is 1.61. The molecule has 0 aromatic heterocycles.